The van der Waals surface area contributed by atoms with Crippen molar-refractivity contribution in [3.8, 4) is 5.75 Å². The van der Waals surface area contributed by atoms with Gasteiger partial charge in [0.15, 0.2) is 0 Å². The number of carbonyl (C=O) groups excluding carboxylic acids is 1. The van der Waals surface area contributed by atoms with E-state index in [0.717, 1.165) is 25.5 Å². The van der Waals surface area contributed by atoms with E-state index in [2.05, 4.69) is 15.9 Å². The van der Waals surface area contributed by atoms with E-state index in [0.29, 0.717) is 6.54 Å². The summed E-state index contributed by atoms with van der Waals surface area (Å²) in [5, 5.41) is 0. The maximum Gasteiger partial charge on any atom is 0.264 e. The van der Waals surface area contributed by atoms with Crippen molar-refractivity contribution >= 4 is 33.2 Å². The average Bonchev–Trinajstić information content (AvgIpc) is 2.78. The SMILES string of the molecule is COc1ccc(CN(C)C(=O)c2cc(C)c(Br)s2)cc1. The molecule has 1 aromatic heterocycles. The van der Waals surface area contributed by atoms with E-state index >= 15 is 0 Å². The van der Waals surface area contributed by atoms with Crippen LogP contribution in [0.25, 0.3) is 0 Å². The fourth-order valence-corrected chi connectivity index (χ4v) is 3.36. The van der Waals surface area contributed by atoms with E-state index in [1.807, 2.05) is 44.3 Å². The Labute approximate surface area is 131 Å². The number of thiophene rings is 1. The van der Waals surface area contributed by atoms with E-state index in [-0.39, 0.29) is 5.91 Å². The molecule has 1 amide bonds. The van der Waals surface area contributed by atoms with Crippen LogP contribution in [0, 0.1) is 6.92 Å². The number of methoxy groups -OCH3 is 1. The van der Waals surface area contributed by atoms with Gasteiger partial charge >= 0.3 is 0 Å². The highest BCUT2D eigenvalue weighted by Crippen LogP contribution is 2.28. The van der Waals surface area contributed by atoms with Gasteiger partial charge in [-0.1, -0.05) is 12.1 Å². The molecule has 0 aliphatic rings. The lowest BCUT2D eigenvalue weighted by molar-refractivity contribution is 0.0790. The number of carbonyl (C=O) groups is 1. The summed E-state index contributed by atoms with van der Waals surface area (Å²) in [6.07, 6.45) is 0. The lowest BCUT2D eigenvalue weighted by atomic mass is 10.2. The highest BCUT2D eigenvalue weighted by Gasteiger charge is 2.15. The smallest absolute Gasteiger partial charge is 0.264 e. The maximum atomic E-state index is 12.3. The summed E-state index contributed by atoms with van der Waals surface area (Å²) in [4.78, 5) is 14.8. The highest BCUT2D eigenvalue weighted by molar-refractivity contribution is 9.11. The summed E-state index contributed by atoms with van der Waals surface area (Å²) in [6, 6.07) is 9.66. The van der Waals surface area contributed by atoms with Crippen molar-refractivity contribution in [2.24, 2.45) is 0 Å². The second-order valence-corrected chi connectivity index (χ2v) is 6.95. The predicted molar refractivity (Wildman–Crippen MR) is 85.5 cm³/mol. The Balaban J connectivity index is 2.06. The van der Waals surface area contributed by atoms with Crippen LogP contribution in [0.2, 0.25) is 0 Å². The Hall–Kier alpha value is -1.33. The molecule has 0 aliphatic heterocycles. The summed E-state index contributed by atoms with van der Waals surface area (Å²) in [5.41, 5.74) is 2.17. The molecule has 0 saturated carbocycles. The summed E-state index contributed by atoms with van der Waals surface area (Å²) in [5.74, 6) is 0.861. The van der Waals surface area contributed by atoms with Gasteiger partial charge in [0, 0.05) is 13.6 Å². The van der Waals surface area contributed by atoms with Crippen LogP contribution in [0.4, 0.5) is 0 Å². The number of aryl methyl sites for hydroxylation is 1. The third-order valence-corrected chi connectivity index (χ3v) is 5.12. The highest BCUT2D eigenvalue weighted by atomic mass is 79.9. The maximum absolute atomic E-state index is 12.3. The van der Waals surface area contributed by atoms with Gasteiger partial charge in [0.25, 0.3) is 5.91 Å². The zero-order valence-corrected chi connectivity index (χ0v) is 14.0. The summed E-state index contributed by atoms with van der Waals surface area (Å²) >= 11 is 4.92. The zero-order valence-electron chi connectivity index (χ0n) is 11.6. The van der Waals surface area contributed by atoms with Crippen molar-refractivity contribution in [1.82, 2.24) is 4.90 Å². The molecule has 2 rings (SSSR count). The molecular formula is C15H16BrNO2S. The van der Waals surface area contributed by atoms with Gasteiger partial charge in [-0.2, -0.15) is 0 Å². The third kappa shape index (κ3) is 3.41. The van der Waals surface area contributed by atoms with Crippen LogP contribution in [0.3, 0.4) is 0 Å². The number of rotatable bonds is 4. The minimum absolute atomic E-state index is 0.0413. The quantitative estimate of drug-likeness (QED) is 0.827. The molecule has 5 heteroatoms. The summed E-state index contributed by atoms with van der Waals surface area (Å²) in [7, 11) is 3.46. The predicted octanol–water partition coefficient (Wildman–Crippen LogP) is 4.10. The van der Waals surface area contributed by atoms with Crippen molar-refractivity contribution in [1.29, 1.82) is 0 Å². The molecule has 0 spiro atoms. The van der Waals surface area contributed by atoms with Crippen LogP contribution in [-0.2, 0) is 6.54 Å². The van der Waals surface area contributed by atoms with Crippen molar-refractivity contribution in [2.45, 2.75) is 13.5 Å². The minimum Gasteiger partial charge on any atom is -0.497 e. The molecule has 0 aliphatic carbocycles. The first-order chi connectivity index (χ1) is 9.51. The fourth-order valence-electron chi connectivity index (χ4n) is 1.83. The molecule has 0 radical (unpaired) electrons. The molecule has 1 aromatic carbocycles. The normalized spacial score (nSPS) is 10.4. The first-order valence-corrected chi connectivity index (χ1v) is 7.76. The van der Waals surface area contributed by atoms with Crippen molar-refractivity contribution in [3.05, 3.63) is 50.1 Å². The Morgan fingerprint density at radius 2 is 2.00 bits per heavy atom. The number of nitrogens with zero attached hydrogens (tertiary/aromatic N) is 1. The van der Waals surface area contributed by atoms with Crippen LogP contribution < -0.4 is 4.74 Å². The Kier molecular flexibility index (Phi) is 4.83. The number of benzene rings is 1. The largest absolute Gasteiger partial charge is 0.497 e. The van der Waals surface area contributed by atoms with E-state index in [1.165, 1.54) is 11.3 Å². The molecule has 0 fully saturated rings. The van der Waals surface area contributed by atoms with E-state index < -0.39 is 0 Å². The van der Waals surface area contributed by atoms with Gasteiger partial charge in [-0.15, -0.1) is 11.3 Å². The van der Waals surface area contributed by atoms with E-state index in [4.69, 9.17) is 4.74 Å². The number of hydrogen-bond acceptors (Lipinski definition) is 3. The molecule has 106 valence electrons. The van der Waals surface area contributed by atoms with Gasteiger partial charge in [-0.05, 0) is 52.2 Å². The second kappa shape index (κ2) is 6.41. The van der Waals surface area contributed by atoms with Gasteiger partial charge in [0.05, 0.1) is 15.8 Å². The molecule has 0 saturated heterocycles. The second-order valence-electron chi connectivity index (χ2n) is 4.58. The topological polar surface area (TPSA) is 29.5 Å². The number of amides is 1. The minimum atomic E-state index is 0.0413. The molecule has 2 aromatic rings. The molecule has 0 unspecified atom stereocenters. The average molecular weight is 354 g/mol. The van der Waals surface area contributed by atoms with Crippen molar-refractivity contribution in [3.63, 3.8) is 0 Å². The van der Waals surface area contributed by atoms with Gasteiger partial charge < -0.3 is 9.64 Å². The Morgan fingerprint density at radius 1 is 1.35 bits per heavy atom. The molecular weight excluding hydrogens is 338 g/mol. The molecule has 0 atom stereocenters. The van der Waals surface area contributed by atoms with Gasteiger partial charge in [0.2, 0.25) is 0 Å². The third-order valence-electron chi connectivity index (χ3n) is 2.99. The molecule has 0 N–H and O–H groups in total. The standard InChI is InChI=1S/C15H16BrNO2S/c1-10-8-13(20-14(10)16)15(18)17(2)9-11-4-6-12(19-3)7-5-11/h4-8H,9H2,1-3H3. The molecule has 20 heavy (non-hydrogen) atoms. The summed E-state index contributed by atoms with van der Waals surface area (Å²) in [6.45, 7) is 2.57. The van der Waals surface area contributed by atoms with E-state index in [9.17, 15) is 4.79 Å². The van der Waals surface area contributed by atoms with Crippen LogP contribution in [0.1, 0.15) is 20.8 Å². The van der Waals surface area contributed by atoms with Crippen LogP contribution in [-0.4, -0.2) is 25.0 Å². The lowest BCUT2D eigenvalue weighted by Gasteiger charge is -2.16. The number of hydrogen-bond donors (Lipinski definition) is 0. The van der Waals surface area contributed by atoms with E-state index in [1.54, 1.807) is 12.0 Å². The van der Waals surface area contributed by atoms with Crippen LogP contribution in [0.15, 0.2) is 34.1 Å². The van der Waals surface area contributed by atoms with Crippen LogP contribution >= 0.6 is 27.3 Å². The Bertz CT molecular complexity index is 587. The van der Waals surface area contributed by atoms with Gasteiger partial charge in [-0.25, -0.2) is 0 Å². The number of ether oxygens (including phenoxy) is 1. The first kappa shape index (κ1) is 15.1. The summed E-state index contributed by atoms with van der Waals surface area (Å²) < 4.78 is 6.14. The Morgan fingerprint density at radius 3 is 2.50 bits per heavy atom. The lowest BCUT2D eigenvalue weighted by Crippen LogP contribution is -2.25. The van der Waals surface area contributed by atoms with Crippen molar-refractivity contribution < 1.29 is 9.53 Å². The zero-order chi connectivity index (χ0) is 14.7. The fraction of sp³-hybridized carbons (Fsp3) is 0.267. The first-order valence-electron chi connectivity index (χ1n) is 6.15. The van der Waals surface area contributed by atoms with Gasteiger partial charge in [-0.3, -0.25) is 4.79 Å². The van der Waals surface area contributed by atoms with Gasteiger partial charge in [0.1, 0.15) is 5.75 Å². The molecule has 3 nitrogen and oxygen atoms in total. The molecule has 0 bridgehead atoms. The molecule has 1 heterocycles. The number of halogens is 1. The monoisotopic (exact) mass is 353 g/mol. The van der Waals surface area contributed by atoms with Crippen molar-refractivity contribution in [2.75, 3.05) is 14.2 Å². The van der Waals surface area contributed by atoms with Crippen LogP contribution in [0.5, 0.6) is 5.75 Å².